The van der Waals surface area contributed by atoms with E-state index in [2.05, 4.69) is 10.4 Å². The summed E-state index contributed by atoms with van der Waals surface area (Å²) < 4.78 is 43.1. The van der Waals surface area contributed by atoms with Crippen molar-refractivity contribution in [2.24, 2.45) is 0 Å². The van der Waals surface area contributed by atoms with E-state index in [4.69, 9.17) is 5.41 Å². The highest BCUT2D eigenvalue weighted by molar-refractivity contribution is 5.86. The van der Waals surface area contributed by atoms with Crippen LogP contribution in [0.15, 0.2) is 71.7 Å². The molecule has 1 saturated heterocycles. The molecule has 0 aliphatic carbocycles. The van der Waals surface area contributed by atoms with Crippen molar-refractivity contribution in [3.8, 4) is 5.69 Å². The number of allylic oxidation sites excluding steroid dienone is 1. The number of anilines is 2. The van der Waals surface area contributed by atoms with E-state index >= 15 is 0 Å². The summed E-state index contributed by atoms with van der Waals surface area (Å²) in [5.74, 6) is -3.28. The van der Waals surface area contributed by atoms with Crippen molar-refractivity contribution in [1.29, 1.82) is 5.41 Å². The third-order valence-electron chi connectivity index (χ3n) is 5.40. The van der Waals surface area contributed by atoms with Crippen LogP contribution in [0.3, 0.4) is 0 Å². The number of rotatable bonds is 6. The molecule has 0 saturated carbocycles. The van der Waals surface area contributed by atoms with Gasteiger partial charge in [-0.1, -0.05) is 18.2 Å². The lowest BCUT2D eigenvalue weighted by Crippen LogP contribution is -2.39. The van der Waals surface area contributed by atoms with Gasteiger partial charge in [-0.25, -0.2) is 17.9 Å². The number of hydrogen-bond acceptors (Lipinski definition) is 5. The number of aromatic nitrogens is 2. The maximum atomic E-state index is 15.0. The molecule has 0 amide bonds. The van der Waals surface area contributed by atoms with Crippen molar-refractivity contribution in [2.45, 2.75) is 18.8 Å². The van der Waals surface area contributed by atoms with Crippen molar-refractivity contribution in [2.75, 3.05) is 23.3 Å². The van der Waals surface area contributed by atoms with Crippen LogP contribution in [-0.2, 0) is 0 Å². The Kier molecular flexibility index (Phi) is 6.30. The molecule has 0 atom stereocenters. The van der Waals surface area contributed by atoms with Crippen LogP contribution in [0.4, 0.5) is 24.5 Å². The fraction of sp³-hybridized carbons (Fsp3) is 0.208. The standard InChI is InChI=1S/C24H22F3N5O/c25-19-16-18(31-14-10-24(26,27)11-15-31)6-7-21(19)32-13-9-22(33)23(30-32)20(8-12-28)29-17-4-2-1-3-5-17/h1-9,12-13,16,28-29H,10-11,14-15H2/b20-8-,28-12?. The van der Waals surface area contributed by atoms with Crippen molar-refractivity contribution in [1.82, 2.24) is 9.78 Å². The first-order valence-corrected chi connectivity index (χ1v) is 10.4. The van der Waals surface area contributed by atoms with Crippen LogP contribution in [0.5, 0.6) is 0 Å². The minimum atomic E-state index is -2.68. The maximum Gasteiger partial charge on any atom is 0.251 e. The second kappa shape index (κ2) is 9.32. The molecule has 1 aliphatic heterocycles. The Labute approximate surface area is 188 Å². The lowest BCUT2D eigenvalue weighted by Gasteiger charge is -2.33. The summed E-state index contributed by atoms with van der Waals surface area (Å²) >= 11 is 0. The summed E-state index contributed by atoms with van der Waals surface area (Å²) in [6.07, 6.45) is 3.25. The lowest BCUT2D eigenvalue weighted by atomic mass is 10.1. The van der Waals surface area contributed by atoms with Gasteiger partial charge in [0.05, 0.1) is 5.70 Å². The number of benzene rings is 2. The van der Waals surface area contributed by atoms with Gasteiger partial charge in [0, 0.05) is 55.8 Å². The van der Waals surface area contributed by atoms with Gasteiger partial charge >= 0.3 is 0 Å². The van der Waals surface area contributed by atoms with Crippen LogP contribution >= 0.6 is 0 Å². The molecular formula is C24H22F3N5O. The molecule has 33 heavy (non-hydrogen) atoms. The molecule has 4 rings (SSSR count). The fourth-order valence-electron chi connectivity index (χ4n) is 3.64. The Morgan fingerprint density at radius 3 is 2.48 bits per heavy atom. The minimum Gasteiger partial charge on any atom is -0.371 e. The average molecular weight is 453 g/mol. The molecule has 1 fully saturated rings. The Morgan fingerprint density at radius 2 is 1.82 bits per heavy atom. The minimum absolute atomic E-state index is 0.0200. The van der Waals surface area contributed by atoms with Crippen LogP contribution in [0, 0.1) is 11.2 Å². The zero-order valence-electron chi connectivity index (χ0n) is 17.6. The van der Waals surface area contributed by atoms with Gasteiger partial charge in [0.1, 0.15) is 5.69 Å². The first-order chi connectivity index (χ1) is 15.9. The highest BCUT2D eigenvalue weighted by atomic mass is 19.3. The second-order valence-corrected chi connectivity index (χ2v) is 7.69. The Morgan fingerprint density at radius 1 is 1.09 bits per heavy atom. The van der Waals surface area contributed by atoms with Crippen molar-refractivity contribution >= 4 is 23.3 Å². The van der Waals surface area contributed by atoms with Crippen LogP contribution in [0.25, 0.3) is 11.4 Å². The molecule has 1 aromatic heterocycles. The van der Waals surface area contributed by atoms with E-state index in [-0.39, 0.29) is 37.3 Å². The molecule has 2 N–H and O–H groups in total. The zero-order chi connectivity index (χ0) is 23.4. The topological polar surface area (TPSA) is 74.0 Å². The van der Waals surface area contributed by atoms with Crippen LogP contribution in [-0.4, -0.2) is 35.0 Å². The second-order valence-electron chi connectivity index (χ2n) is 7.69. The molecule has 1 aliphatic rings. The molecule has 6 nitrogen and oxygen atoms in total. The number of piperidine rings is 1. The zero-order valence-corrected chi connectivity index (χ0v) is 17.6. The largest absolute Gasteiger partial charge is 0.371 e. The van der Waals surface area contributed by atoms with Gasteiger partial charge in [-0.05, 0) is 36.4 Å². The van der Waals surface area contributed by atoms with Gasteiger partial charge in [0.2, 0.25) is 5.43 Å². The van der Waals surface area contributed by atoms with Gasteiger partial charge in [0.15, 0.2) is 11.5 Å². The third kappa shape index (κ3) is 5.14. The molecule has 2 heterocycles. The monoisotopic (exact) mass is 453 g/mol. The first-order valence-electron chi connectivity index (χ1n) is 10.4. The lowest BCUT2D eigenvalue weighted by molar-refractivity contribution is -0.0220. The SMILES string of the molecule is N=C/C=C(\Nc1ccccc1)c1nn(-c2ccc(N3CCC(F)(F)CC3)cc2F)ccc1=O. The molecule has 170 valence electrons. The summed E-state index contributed by atoms with van der Waals surface area (Å²) in [6, 6.07) is 14.8. The van der Waals surface area contributed by atoms with E-state index in [1.165, 1.54) is 35.2 Å². The smallest absolute Gasteiger partial charge is 0.251 e. The number of nitrogens with zero attached hydrogens (tertiary/aromatic N) is 3. The van der Waals surface area contributed by atoms with E-state index in [0.29, 0.717) is 17.1 Å². The summed E-state index contributed by atoms with van der Waals surface area (Å²) in [7, 11) is 0. The van der Waals surface area contributed by atoms with Crippen molar-refractivity contribution in [3.05, 3.63) is 88.6 Å². The molecule has 2 aromatic carbocycles. The van der Waals surface area contributed by atoms with Crippen molar-refractivity contribution < 1.29 is 13.2 Å². The molecule has 0 bridgehead atoms. The number of alkyl halides is 2. The van der Waals surface area contributed by atoms with Crippen LogP contribution < -0.4 is 15.6 Å². The van der Waals surface area contributed by atoms with E-state index in [1.807, 2.05) is 18.2 Å². The summed E-state index contributed by atoms with van der Waals surface area (Å²) in [4.78, 5) is 14.2. The fourth-order valence-corrected chi connectivity index (χ4v) is 3.64. The normalized spacial score (nSPS) is 15.8. The van der Waals surface area contributed by atoms with E-state index in [1.54, 1.807) is 23.1 Å². The molecule has 9 heteroatoms. The summed E-state index contributed by atoms with van der Waals surface area (Å²) in [6.45, 7) is 0.296. The highest BCUT2D eigenvalue weighted by Crippen LogP contribution is 2.31. The van der Waals surface area contributed by atoms with E-state index in [9.17, 15) is 18.0 Å². The van der Waals surface area contributed by atoms with Gasteiger partial charge < -0.3 is 15.6 Å². The van der Waals surface area contributed by atoms with Crippen LogP contribution in [0.2, 0.25) is 0 Å². The summed E-state index contributed by atoms with van der Waals surface area (Å²) in [5.41, 5.74) is 1.24. The number of hydrogen-bond donors (Lipinski definition) is 2. The van der Waals surface area contributed by atoms with Crippen molar-refractivity contribution in [3.63, 3.8) is 0 Å². The third-order valence-corrected chi connectivity index (χ3v) is 5.40. The van der Waals surface area contributed by atoms with E-state index in [0.717, 1.165) is 6.21 Å². The number of halogens is 3. The molecule has 0 spiro atoms. The van der Waals surface area contributed by atoms with Gasteiger partial charge in [-0.3, -0.25) is 4.79 Å². The summed E-state index contributed by atoms with van der Waals surface area (Å²) in [5, 5.41) is 14.8. The highest BCUT2D eigenvalue weighted by Gasteiger charge is 2.34. The van der Waals surface area contributed by atoms with Gasteiger partial charge in [-0.2, -0.15) is 5.10 Å². The quantitative estimate of drug-likeness (QED) is 0.530. The van der Waals surface area contributed by atoms with E-state index < -0.39 is 17.2 Å². The molecule has 0 radical (unpaired) electrons. The molecular weight excluding hydrogens is 431 g/mol. The predicted molar refractivity (Wildman–Crippen MR) is 123 cm³/mol. The average Bonchev–Trinajstić information content (AvgIpc) is 2.80. The Bertz CT molecular complexity index is 1230. The van der Waals surface area contributed by atoms with Crippen LogP contribution in [0.1, 0.15) is 18.5 Å². The number of para-hydroxylation sites is 1. The Hall–Kier alpha value is -3.88. The van der Waals surface area contributed by atoms with Gasteiger partial charge in [-0.15, -0.1) is 0 Å². The van der Waals surface area contributed by atoms with Gasteiger partial charge in [0.25, 0.3) is 5.92 Å². The predicted octanol–water partition coefficient (Wildman–Crippen LogP) is 4.71. The number of nitrogens with one attached hydrogen (secondary N) is 2. The molecule has 3 aromatic rings. The maximum absolute atomic E-state index is 15.0. The first kappa shape index (κ1) is 22.3. The molecule has 0 unspecified atom stereocenters. The Balaban J connectivity index is 1.64.